The third kappa shape index (κ3) is 8.42. The monoisotopic (exact) mass is 436 g/mol. The number of carbonyl (C=O) groups is 1. The van der Waals surface area contributed by atoms with E-state index in [1.165, 1.54) is 0 Å². The minimum Gasteiger partial charge on any atom is -0.493 e. The van der Waals surface area contributed by atoms with Gasteiger partial charge in [0.15, 0.2) is 6.10 Å². The van der Waals surface area contributed by atoms with Crippen molar-refractivity contribution in [1.29, 1.82) is 0 Å². The lowest BCUT2D eigenvalue weighted by Crippen LogP contribution is -2.29. The number of rotatable bonds is 12. The van der Waals surface area contributed by atoms with E-state index < -0.39 is 16.2 Å². The maximum absolute atomic E-state index is 12.0. The average Bonchev–Trinajstić information content (AvgIpc) is 2.68. The van der Waals surface area contributed by atoms with Crippen molar-refractivity contribution in [1.82, 2.24) is 0 Å². The Kier molecular flexibility index (Phi) is 9.14. The lowest BCUT2D eigenvalue weighted by atomic mass is 10.1. The molecule has 164 valence electrons. The zero-order valence-corrected chi connectivity index (χ0v) is 18.3. The Morgan fingerprint density at radius 2 is 1.70 bits per heavy atom. The van der Waals surface area contributed by atoms with Gasteiger partial charge in [0.1, 0.15) is 11.5 Å². The molecule has 1 unspecified atom stereocenters. The van der Waals surface area contributed by atoms with Crippen LogP contribution in [0, 0.1) is 0 Å². The summed E-state index contributed by atoms with van der Waals surface area (Å²) in [6.45, 7) is 4.79. The first kappa shape index (κ1) is 23.7. The van der Waals surface area contributed by atoms with Crippen molar-refractivity contribution in [3.63, 3.8) is 0 Å². The van der Waals surface area contributed by atoms with Gasteiger partial charge in [0.2, 0.25) is 0 Å². The molecule has 0 spiro atoms. The van der Waals surface area contributed by atoms with Crippen LogP contribution in [0.3, 0.4) is 0 Å². The quantitative estimate of drug-likeness (QED) is 0.373. The predicted octanol–water partition coefficient (Wildman–Crippen LogP) is 3.16. The topological polar surface area (TPSA) is 88.1 Å². The van der Waals surface area contributed by atoms with Gasteiger partial charge in [0.05, 0.1) is 19.5 Å². The summed E-state index contributed by atoms with van der Waals surface area (Å²) in [7, 11) is -3.53. The number of ether oxygens (including phenoxy) is 3. The molecular weight excluding hydrogens is 408 g/mol. The van der Waals surface area contributed by atoms with Gasteiger partial charge in [0.25, 0.3) is 0 Å². The lowest BCUT2D eigenvalue weighted by Gasteiger charge is -2.16. The van der Waals surface area contributed by atoms with Crippen molar-refractivity contribution in [2.75, 3.05) is 26.1 Å². The van der Waals surface area contributed by atoms with Gasteiger partial charge in [-0.3, -0.25) is 0 Å². The highest BCUT2D eigenvalue weighted by molar-refractivity contribution is 7.86. The van der Waals surface area contributed by atoms with E-state index in [1.54, 1.807) is 31.2 Å². The van der Waals surface area contributed by atoms with E-state index in [1.807, 2.05) is 31.2 Å². The van der Waals surface area contributed by atoms with Crippen LogP contribution in [0.1, 0.15) is 25.0 Å². The van der Waals surface area contributed by atoms with Crippen LogP contribution in [0.2, 0.25) is 0 Å². The number of hydrogen-bond donors (Lipinski definition) is 0. The van der Waals surface area contributed by atoms with Crippen LogP contribution in [0.15, 0.2) is 48.5 Å². The Hall–Kier alpha value is -2.58. The third-order valence-corrected chi connectivity index (χ3v) is 4.56. The molecular formula is C22H28O7S. The second kappa shape index (κ2) is 11.6. The summed E-state index contributed by atoms with van der Waals surface area (Å²) in [4.78, 5) is 12.0. The zero-order valence-electron chi connectivity index (χ0n) is 17.5. The normalized spacial score (nSPS) is 12.2. The van der Waals surface area contributed by atoms with Crippen LogP contribution in [0.25, 0.3) is 0 Å². The van der Waals surface area contributed by atoms with Crippen LogP contribution in [0.5, 0.6) is 11.5 Å². The van der Waals surface area contributed by atoms with Gasteiger partial charge in [-0.25, -0.2) is 4.79 Å². The first-order valence-electron chi connectivity index (χ1n) is 9.79. The van der Waals surface area contributed by atoms with E-state index in [0.29, 0.717) is 38.4 Å². The molecule has 0 aromatic heterocycles. The molecule has 0 amide bonds. The number of esters is 1. The molecule has 2 aromatic carbocycles. The van der Waals surface area contributed by atoms with Crippen LogP contribution in [-0.4, -0.2) is 46.6 Å². The summed E-state index contributed by atoms with van der Waals surface area (Å²) < 4.78 is 43.5. The number of hydrogen-bond acceptors (Lipinski definition) is 7. The molecule has 0 aliphatic rings. The fraction of sp³-hybridized carbons (Fsp3) is 0.409. The zero-order chi connectivity index (χ0) is 22.0. The molecule has 8 heteroatoms. The Morgan fingerprint density at radius 1 is 0.967 bits per heavy atom. The van der Waals surface area contributed by atoms with Gasteiger partial charge < -0.3 is 18.4 Å². The van der Waals surface area contributed by atoms with E-state index in [0.717, 1.165) is 17.4 Å². The number of benzene rings is 2. The van der Waals surface area contributed by atoms with E-state index in [9.17, 15) is 13.2 Å². The second-order valence-corrected chi connectivity index (χ2v) is 8.15. The Balaban J connectivity index is 1.90. The molecule has 30 heavy (non-hydrogen) atoms. The van der Waals surface area contributed by atoms with E-state index in [2.05, 4.69) is 0 Å². The first-order valence-corrected chi connectivity index (χ1v) is 11.6. The summed E-state index contributed by atoms with van der Waals surface area (Å²) in [6, 6.07) is 14.3. The smallest absolute Gasteiger partial charge is 0.335 e. The summed E-state index contributed by atoms with van der Waals surface area (Å²) >= 11 is 0. The molecule has 0 saturated heterocycles. The summed E-state index contributed by atoms with van der Waals surface area (Å²) in [5.74, 6) is 0.609. The molecule has 2 aromatic rings. The first-order chi connectivity index (χ1) is 14.3. The van der Waals surface area contributed by atoms with E-state index in [4.69, 9.17) is 18.4 Å². The van der Waals surface area contributed by atoms with Crippen LogP contribution in [-0.2, 0) is 37.2 Å². The van der Waals surface area contributed by atoms with Crippen LogP contribution < -0.4 is 8.92 Å². The molecule has 7 nitrogen and oxygen atoms in total. The van der Waals surface area contributed by atoms with E-state index in [-0.39, 0.29) is 11.7 Å². The minimum atomic E-state index is -3.53. The van der Waals surface area contributed by atoms with Crippen LogP contribution >= 0.6 is 0 Å². The van der Waals surface area contributed by atoms with Crippen molar-refractivity contribution >= 4 is 16.1 Å². The Labute approximate surface area is 178 Å². The van der Waals surface area contributed by atoms with Crippen molar-refractivity contribution in [2.45, 2.75) is 32.8 Å². The highest BCUT2D eigenvalue weighted by atomic mass is 32.2. The molecule has 2 rings (SSSR count). The highest BCUT2D eigenvalue weighted by Gasteiger charge is 2.20. The summed E-state index contributed by atoms with van der Waals surface area (Å²) in [5.41, 5.74) is 1.91. The van der Waals surface area contributed by atoms with E-state index >= 15 is 0 Å². The van der Waals surface area contributed by atoms with Gasteiger partial charge >= 0.3 is 16.1 Å². The van der Waals surface area contributed by atoms with Gasteiger partial charge in [-0.15, -0.1) is 0 Å². The maximum Gasteiger partial charge on any atom is 0.335 e. The largest absolute Gasteiger partial charge is 0.493 e. The molecule has 0 radical (unpaired) electrons. The second-order valence-electron chi connectivity index (χ2n) is 6.58. The standard InChI is InChI=1S/C22H28O7S/c1-4-26-21(22(23)27-5-2)16-18-7-6-8-20(15-18)28-14-13-17-9-11-19(12-10-17)29-30(3,24)25/h6-12,15,21H,4-5,13-14,16H2,1-3H3. The van der Waals surface area contributed by atoms with Crippen molar-refractivity contribution in [3.8, 4) is 11.5 Å². The van der Waals surface area contributed by atoms with Gasteiger partial charge in [-0.1, -0.05) is 24.3 Å². The molecule has 0 aliphatic heterocycles. The fourth-order valence-electron chi connectivity index (χ4n) is 2.80. The molecule has 0 aliphatic carbocycles. The third-order valence-electron chi connectivity index (χ3n) is 4.07. The Morgan fingerprint density at radius 3 is 2.33 bits per heavy atom. The summed E-state index contributed by atoms with van der Waals surface area (Å²) in [5, 5.41) is 0. The predicted molar refractivity (Wildman–Crippen MR) is 113 cm³/mol. The molecule has 1 atom stereocenters. The van der Waals surface area contributed by atoms with Gasteiger partial charge in [-0.2, -0.15) is 8.42 Å². The number of carbonyl (C=O) groups excluding carboxylic acids is 1. The van der Waals surface area contributed by atoms with Gasteiger partial charge in [-0.05, 0) is 49.2 Å². The van der Waals surface area contributed by atoms with Crippen molar-refractivity contribution < 1.29 is 31.6 Å². The van der Waals surface area contributed by atoms with Crippen LogP contribution in [0.4, 0.5) is 0 Å². The fourth-order valence-corrected chi connectivity index (χ4v) is 3.26. The van der Waals surface area contributed by atoms with Gasteiger partial charge in [0, 0.05) is 19.4 Å². The molecule has 0 N–H and O–H groups in total. The summed E-state index contributed by atoms with van der Waals surface area (Å²) in [6.07, 6.45) is 1.42. The van der Waals surface area contributed by atoms with Crippen molar-refractivity contribution in [2.24, 2.45) is 0 Å². The lowest BCUT2D eigenvalue weighted by molar-refractivity contribution is -0.156. The molecule has 0 saturated carbocycles. The maximum atomic E-state index is 12.0. The highest BCUT2D eigenvalue weighted by Crippen LogP contribution is 2.18. The minimum absolute atomic E-state index is 0.278. The SMILES string of the molecule is CCOC(=O)C(Cc1cccc(OCCc2ccc(OS(C)(=O)=O)cc2)c1)OCC. The van der Waals surface area contributed by atoms with Crippen molar-refractivity contribution in [3.05, 3.63) is 59.7 Å². The average molecular weight is 437 g/mol. The molecule has 0 heterocycles. The molecule has 0 fully saturated rings. The Bertz CT molecular complexity index is 907. The molecule has 0 bridgehead atoms.